The van der Waals surface area contributed by atoms with Crippen molar-refractivity contribution in [2.75, 3.05) is 27.2 Å². The second-order valence-corrected chi connectivity index (χ2v) is 9.03. The van der Waals surface area contributed by atoms with Crippen LogP contribution in [0.25, 0.3) is 22.2 Å². The average molecular weight is 385 g/mol. The molecule has 1 saturated heterocycles. The van der Waals surface area contributed by atoms with Gasteiger partial charge >= 0.3 is 0 Å². The van der Waals surface area contributed by atoms with Gasteiger partial charge in [0, 0.05) is 56.7 Å². The van der Waals surface area contributed by atoms with Gasteiger partial charge in [-0.15, -0.1) is 0 Å². The Morgan fingerprint density at radius 1 is 1.37 bits per heavy atom. The van der Waals surface area contributed by atoms with Gasteiger partial charge in [-0.2, -0.15) is 27.4 Å². The Labute approximate surface area is 157 Å². The van der Waals surface area contributed by atoms with E-state index in [1.807, 2.05) is 24.5 Å². The van der Waals surface area contributed by atoms with Gasteiger partial charge in [0.15, 0.2) is 0 Å². The summed E-state index contributed by atoms with van der Waals surface area (Å²) in [5.41, 5.74) is 2.02. The highest BCUT2D eigenvalue weighted by Gasteiger charge is 2.50. The van der Waals surface area contributed by atoms with Gasteiger partial charge < -0.3 is 4.98 Å². The van der Waals surface area contributed by atoms with Crippen LogP contribution in [0, 0.1) is 11.3 Å². The molecule has 3 aromatic rings. The quantitative estimate of drug-likeness (QED) is 0.708. The summed E-state index contributed by atoms with van der Waals surface area (Å²) in [4.78, 5) is 7.37. The van der Waals surface area contributed by atoms with E-state index in [9.17, 15) is 13.7 Å². The van der Waals surface area contributed by atoms with E-state index in [2.05, 4.69) is 21.1 Å². The second-order valence-electron chi connectivity index (χ2n) is 6.89. The van der Waals surface area contributed by atoms with Gasteiger partial charge in [0.1, 0.15) is 11.2 Å². The third-order valence-corrected chi connectivity index (χ3v) is 6.81. The summed E-state index contributed by atoms with van der Waals surface area (Å²) in [6.07, 6.45) is 7.36. The van der Waals surface area contributed by atoms with Gasteiger partial charge in [0.25, 0.3) is 10.2 Å². The Bertz CT molecular complexity index is 1130. The van der Waals surface area contributed by atoms with Crippen LogP contribution in [0.3, 0.4) is 0 Å². The van der Waals surface area contributed by atoms with E-state index in [1.165, 1.54) is 22.7 Å². The van der Waals surface area contributed by atoms with Crippen molar-refractivity contribution < 1.29 is 8.42 Å². The van der Waals surface area contributed by atoms with Gasteiger partial charge in [-0.25, -0.2) is 4.98 Å². The smallest absolute Gasteiger partial charge is 0.281 e. The highest BCUT2D eigenvalue weighted by Crippen LogP contribution is 2.36. The number of fused-ring (bicyclic) bond motifs is 1. The largest absolute Gasteiger partial charge is 0.346 e. The molecular formula is C17H19N7O2S. The predicted octanol–water partition coefficient (Wildman–Crippen LogP) is 1.16. The highest BCUT2D eigenvalue weighted by atomic mass is 32.2. The minimum atomic E-state index is -3.50. The molecule has 10 heteroatoms. The van der Waals surface area contributed by atoms with E-state index in [-0.39, 0.29) is 19.5 Å². The summed E-state index contributed by atoms with van der Waals surface area (Å²) in [5, 5.41) is 14.7. The van der Waals surface area contributed by atoms with Crippen LogP contribution >= 0.6 is 0 Å². The van der Waals surface area contributed by atoms with Crippen LogP contribution in [-0.4, -0.2) is 64.0 Å². The van der Waals surface area contributed by atoms with Crippen molar-refractivity contribution in [2.45, 2.75) is 12.0 Å². The molecular weight excluding hydrogens is 366 g/mol. The normalized spacial score (nSPS) is 17.1. The average Bonchev–Trinajstić information content (AvgIpc) is 3.26. The fourth-order valence-corrected chi connectivity index (χ4v) is 4.69. The molecule has 0 bridgehead atoms. The lowest BCUT2D eigenvalue weighted by Gasteiger charge is -2.48. The molecule has 0 radical (unpaired) electrons. The zero-order chi connectivity index (χ0) is 19.2. The van der Waals surface area contributed by atoms with Crippen molar-refractivity contribution in [1.29, 1.82) is 5.26 Å². The molecule has 1 fully saturated rings. The van der Waals surface area contributed by atoms with Crippen LogP contribution in [0.5, 0.6) is 0 Å². The van der Waals surface area contributed by atoms with Gasteiger partial charge in [-0.1, -0.05) is 0 Å². The molecule has 3 aromatic heterocycles. The first kappa shape index (κ1) is 17.7. The Balaban J connectivity index is 1.67. The molecule has 0 saturated carbocycles. The standard InChI is InChI=1S/C17H19N7O2S/c1-22(2)27(25,26)23-11-17(12-23,5-6-18)24-10-13(9-21-24)14-3-7-19-16-15(14)4-8-20-16/h3-4,7-10H,5,11-12H2,1-2H3,(H,19,20). The third kappa shape index (κ3) is 2.71. The van der Waals surface area contributed by atoms with E-state index >= 15 is 0 Å². The van der Waals surface area contributed by atoms with Crippen molar-refractivity contribution in [1.82, 2.24) is 28.4 Å². The molecule has 140 valence electrons. The summed E-state index contributed by atoms with van der Waals surface area (Å²) in [7, 11) is -0.506. The predicted molar refractivity (Wildman–Crippen MR) is 99.7 cm³/mol. The number of hydrogen-bond donors (Lipinski definition) is 1. The molecule has 1 aliphatic heterocycles. The number of aromatic nitrogens is 4. The molecule has 1 aliphatic rings. The second kappa shape index (κ2) is 6.16. The number of aromatic amines is 1. The first-order valence-electron chi connectivity index (χ1n) is 8.40. The zero-order valence-corrected chi connectivity index (χ0v) is 15.8. The van der Waals surface area contributed by atoms with E-state index in [0.717, 1.165) is 22.2 Å². The summed E-state index contributed by atoms with van der Waals surface area (Å²) in [6.45, 7) is 0.441. The molecule has 4 rings (SSSR count). The SMILES string of the molecule is CN(C)S(=O)(=O)N1CC(CC#N)(n2cc(-c3ccnc4[nH]ccc34)cn2)C1. The molecule has 27 heavy (non-hydrogen) atoms. The van der Waals surface area contributed by atoms with Crippen LogP contribution in [0.15, 0.2) is 36.9 Å². The number of hydrogen-bond acceptors (Lipinski definition) is 5. The zero-order valence-electron chi connectivity index (χ0n) is 15.0. The van der Waals surface area contributed by atoms with Crippen LogP contribution in [-0.2, 0) is 15.7 Å². The number of nitriles is 1. The Morgan fingerprint density at radius 3 is 2.85 bits per heavy atom. The molecule has 4 heterocycles. The summed E-state index contributed by atoms with van der Waals surface area (Å²) in [5.74, 6) is 0. The molecule has 0 unspecified atom stereocenters. The van der Waals surface area contributed by atoms with Crippen LogP contribution in [0.1, 0.15) is 6.42 Å². The maximum absolute atomic E-state index is 12.3. The van der Waals surface area contributed by atoms with Gasteiger partial charge in [-0.05, 0) is 17.7 Å². The van der Waals surface area contributed by atoms with Gasteiger partial charge in [0.2, 0.25) is 0 Å². The number of H-pyrrole nitrogens is 1. The van der Waals surface area contributed by atoms with Gasteiger partial charge in [0.05, 0.1) is 18.7 Å². The maximum atomic E-state index is 12.3. The van der Waals surface area contributed by atoms with Crippen LogP contribution in [0.2, 0.25) is 0 Å². The Hall–Kier alpha value is -2.74. The molecule has 0 spiro atoms. The fraction of sp³-hybridized carbons (Fsp3) is 0.353. The van der Waals surface area contributed by atoms with Crippen LogP contribution < -0.4 is 0 Å². The number of nitrogens with zero attached hydrogens (tertiary/aromatic N) is 6. The Kier molecular flexibility index (Phi) is 4.03. The van der Waals surface area contributed by atoms with E-state index in [1.54, 1.807) is 17.1 Å². The lowest BCUT2D eigenvalue weighted by Crippen LogP contribution is -2.65. The molecule has 9 nitrogen and oxygen atoms in total. The maximum Gasteiger partial charge on any atom is 0.281 e. The van der Waals surface area contributed by atoms with E-state index < -0.39 is 15.7 Å². The lowest BCUT2D eigenvalue weighted by molar-refractivity contribution is 0.0675. The van der Waals surface area contributed by atoms with Crippen molar-refractivity contribution in [3.05, 3.63) is 36.9 Å². The van der Waals surface area contributed by atoms with Crippen molar-refractivity contribution in [2.24, 2.45) is 0 Å². The minimum Gasteiger partial charge on any atom is -0.346 e. The summed E-state index contributed by atoms with van der Waals surface area (Å²) >= 11 is 0. The summed E-state index contributed by atoms with van der Waals surface area (Å²) in [6, 6.07) is 6.04. The van der Waals surface area contributed by atoms with Crippen LogP contribution in [0.4, 0.5) is 0 Å². The third-order valence-electron chi connectivity index (χ3n) is 4.98. The van der Waals surface area contributed by atoms with Crippen molar-refractivity contribution in [3.63, 3.8) is 0 Å². The first-order valence-corrected chi connectivity index (χ1v) is 9.79. The first-order chi connectivity index (χ1) is 12.9. The molecule has 0 aromatic carbocycles. The van der Waals surface area contributed by atoms with Crippen molar-refractivity contribution in [3.8, 4) is 17.2 Å². The van der Waals surface area contributed by atoms with E-state index in [4.69, 9.17) is 0 Å². The molecule has 0 aliphatic carbocycles. The monoisotopic (exact) mass is 385 g/mol. The van der Waals surface area contributed by atoms with Crippen molar-refractivity contribution >= 4 is 21.2 Å². The minimum absolute atomic E-state index is 0.184. The topological polar surface area (TPSA) is 111 Å². The van der Waals surface area contributed by atoms with Gasteiger partial charge in [-0.3, -0.25) is 4.68 Å². The fourth-order valence-electron chi connectivity index (χ4n) is 3.42. The highest BCUT2D eigenvalue weighted by molar-refractivity contribution is 7.86. The Morgan fingerprint density at radius 2 is 2.15 bits per heavy atom. The number of pyridine rings is 1. The number of rotatable bonds is 5. The summed E-state index contributed by atoms with van der Waals surface area (Å²) < 4.78 is 28.9. The molecule has 0 atom stereocenters. The lowest BCUT2D eigenvalue weighted by atomic mass is 9.89. The van der Waals surface area contributed by atoms with E-state index in [0.29, 0.717) is 0 Å². The number of nitrogens with one attached hydrogen (secondary N) is 1. The molecule has 0 amide bonds. The molecule has 1 N–H and O–H groups in total.